The largest absolute Gasteiger partial charge is 0.370 e. The predicted molar refractivity (Wildman–Crippen MR) is 129 cm³/mol. The Morgan fingerprint density at radius 2 is 1.44 bits per heavy atom. The second-order valence-corrected chi connectivity index (χ2v) is 15.2. The van der Waals surface area contributed by atoms with Gasteiger partial charge in [0.2, 0.25) is 0 Å². The van der Waals surface area contributed by atoms with E-state index in [0.29, 0.717) is 33.4 Å². The first-order valence-corrected chi connectivity index (χ1v) is 14.0. The smallest absolute Gasteiger partial charge is 0.138 e. The van der Waals surface area contributed by atoms with Crippen LogP contribution in [0.2, 0.25) is 0 Å². The van der Waals surface area contributed by atoms with Crippen LogP contribution in [0.25, 0.3) is 0 Å². The predicted octanol–water partition coefficient (Wildman–Crippen LogP) is 7.45. The molecule has 0 N–H and O–H groups in total. The molecule has 1 heterocycles. The molecule has 5 saturated carbocycles. The van der Waals surface area contributed by atoms with Crippen LogP contribution < -0.4 is 0 Å². The van der Waals surface area contributed by atoms with Crippen molar-refractivity contribution >= 4 is 5.78 Å². The number of hydrogen-bond donors (Lipinski definition) is 0. The first-order valence-electron chi connectivity index (χ1n) is 14.0. The Labute approximate surface area is 197 Å². The van der Waals surface area contributed by atoms with Gasteiger partial charge in [0.25, 0.3) is 0 Å². The van der Waals surface area contributed by atoms with Crippen LogP contribution in [0.5, 0.6) is 0 Å². The van der Waals surface area contributed by atoms with Crippen molar-refractivity contribution in [2.45, 2.75) is 118 Å². The van der Waals surface area contributed by atoms with Crippen LogP contribution in [-0.4, -0.2) is 18.0 Å². The van der Waals surface area contributed by atoms with Crippen molar-refractivity contribution in [2.75, 3.05) is 6.61 Å². The Morgan fingerprint density at radius 3 is 2.12 bits per heavy atom. The van der Waals surface area contributed by atoms with Gasteiger partial charge in [-0.05, 0) is 116 Å². The molecule has 6 aliphatic rings. The summed E-state index contributed by atoms with van der Waals surface area (Å²) in [5.41, 5.74) is 1.76. The zero-order valence-corrected chi connectivity index (χ0v) is 22.0. The summed E-state index contributed by atoms with van der Waals surface area (Å²) in [4.78, 5) is 12.9. The average Bonchev–Trinajstić information content (AvgIpc) is 3.36. The van der Waals surface area contributed by atoms with Crippen molar-refractivity contribution in [2.24, 2.45) is 56.7 Å². The first kappa shape index (κ1) is 22.1. The summed E-state index contributed by atoms with van der Waals surface area (Å²) in [6.07, 6.45) is 13.0. The molecule has 6 fully saturated rings. The van der Waals surface area contributed by atoms with Gasteiger partial charge in [0.1, 0.15) is 5.78 Å². The molecule has 1 aliphatic heterocycles. The van der Waals surface area contributed by atoms with Gasteiger partial charge >= 0.3 is 0 Å². The van der Waals surface area contributed by atoms with Crippen LogP contribution in [0.15, 0.2) is 0 Å². The Kier molecular flexibility index (Phi) is 4.31. The van der Waals surface area contributed by atoms with Crippen LogP contribution in [0.3, 0.4) is 0 Å². The van der Waals surface area contributed by atoms with Gasteiger partial charge in [-0.25, -0.2) is 0 Å². The van der Waals surface area contributed by atoms with E-state index in [1.54, 1.807) is 0 Å². The van der Waals surface area contributed by atoms with Gasteiger partial charge in [-0.1, -0.05) is 41.5 Å². The fraction of sp³-hybridized carbons (Fsp3) is 0.967. The number of ether oxygens (including phenoxy) is 1. The molecule has 0 aromatic carbocycles. The standard InChI is InChI=1S/C30H48O2/c1-25(2)21-11-15-29(6)22(27(21,4)14-12-23(25)31)9-8-19-24-20(30(7)18-32-30)10-13-26(24,3)16-17-28(19,29)5/h19-22,24H,8-18H2,1-7H3/t19-,20-,21+,22-,24+,26-,27+,28-,29-,30-/m1/s1. The SMILES string of the molecule is CC1(C)C(=O)CC[C@]2(C)[C@H]3CC[C@@H]4[C@H]5[C@H]([C@@]6(C)CO6)CC[C@]5(C)CC[C@@]4(C)[C@]3(C)CC[C@@H]12. The number of fused-ring (bicyclic) bond motifs is 7. The second-order valence-electron chi connectivity index (χ2n) is 15.2. The van der Waals surface area contributed by atoms with E-state index in [9.17, 15) is 4.79 Å². The lowest BCUT2D eigenvalue weighted by molar-refractivity contribution is -0.234. The topological polar surface area (TPSA) is 29.6 Å². The maximum absolute atomic E-state index is 12.9. The minimum atomic E-state index is -0.133. The molecule has 32 heavy (non-hydrogen) atoms. The lowest BCUT2D eigenvalue weighted by Gasteiger charge is -2.72. The molecule has 6 rings (SSSR count). The molecule has 0 amide bonds. The normalized spacial score (nSPS) is 60.7. The third-order valence-electron chi connectivity index (χ3n) is 14.0. The summed E-state index contributed by atoms with van der Waals surface area (Å²) < 4.78 is 6.11. The van der Waals surface area contributed by atoms with Gasteiger partial charge in [-0.15, -0.1) is 0 Å². The van der Waals surface area contributed by atoms with E-state index in [-0.39, 0.29) is 11.0 Å². The lowest BCUT2D eigenvalue weighted by Crippen LogP contribution is -2.66. The number of epoxide rings is 1. The number of ketones is 1. The van der Waals surface area contributed by atoms with Gasteiger partial charge in [0.05, 0.1) is 12.2 Å². The number of rotatable bonds is 1. The molecule has 2 nitrogen and oxygen atoms in total. The molecule has 5 aliphatic carbocycles. The Bertz CT molecular complexity index is 840. The van der Waals surface area contributed by atoms with Gasteiger partial charge in [-0.2, -0.15) is 0 Å². The van der Waals surface area contributed by atoms with Gasteiger partial charge in [0.15, 0.2) is 0 Å². The minimum Gasteiger partial charge on any atom is -0.370 e. The highest BCUT2D eigenvalue weighted by Gasteiger charge is 2.71. The summed E-state index contributed by atoms with van der Waals surface area (Å²) in [6, 6.07) is 0. The van der Waals surface area contributed by atoms with Crippen LogP contribution in [0, 0.1) is 56.7 Å². The van der Waals surface area contributed by atoms with Crippen LogP contribution >= 0.6 is 0 Å². The van der Waals surface area contributed by atoms with E-state index in [1.807, 2.05) is 0 Å². The average molecular weight is 441 g/mol. The van der Waals surface area contributed by atoms with Gasteiger partial charge in [0, 0.05) is 11.8 Å². The molecule has 0 unspecified atom stereocenters. The maximum Gasteiger partial charge on any atom is 0.138 e. The molecule has 0 aromatic heterocycles. The molecule has 10 atom stereocenters. The summed E-state index contributed by atoms with van der Waals surface area (Å²) >= 11 is 0. The van der Waals surface area contributed by atoms with E-state index >= 15 is 0 Å². The van der Waals surface area contributed by atoms with Gasteiger partial charge < -0.3 is 4.74 Å². The Balaban J connectivity index is 1.39. The van der Waals surface area contributed by atoms with E-state index in [2.05, 4.69) is 48.5 Å². The third-order valence-corrected chi connectivity index (χ3v) is 14.0. The van der Waals surface area contributed by atoms with Crippen molar-refractivity contribution in [3.8, 4) is 0 Å². The molecule has 2 heteroatoms. The van der Waals surface area contributed by atoms with E-state index in [0.717, 1.165) is 43.1 Å². The quantitative estimate of drug-likeness (QED) is 0.396. The van der Waals surface area contributed by atoms with E-state index in [4.69, 9.17) is 4.74 Å². The lowest BCUT2D eigenvalue weighted by atomic mass is 9.32. The first-order chi connectivity index (χ1) is 14.8. The zero-order chi connectivity index (χ0) is 22.9. The highest BCUT2D eigenvalue weighted by Crippen LogP contribution is 2.77. The summed E-state index contributed by atoms with van der Waals surface area (Å²) in [6.45, 7) is 18.7. The second kappa shape index (κ2) is 6.24. The molecule has 0 spiro atoms. The van der Waals surface area contributed by atoms with Crippen molar-refractivity contribution in [3.05, 3.63) is 0 Å². The molecule has 0 radical (unpaired) electrons. The highest BCUT2D eigenvalue weighted by molar-refractivity contribution is 5.85. The fourth-order valence-corrected chi connectivity index (χ4v) is 11.8. The van der Waals surface area contributed by atoms with E-state index < -0.39 is 0 Å². The van der Waals surface area contributed by atoms with Crippen LogP contribution in [0.4, 0.5) is 0 Å². The van der Waals surface area contributed by atoms with Crippen LogP contribution in [0.1, 0.15) is 113 Å². The zero-order valence-electron chi connectivity index (χ0n) is 22.0. The van der Waals surface area contributed by atoms with E-state index in [1.165, 1.54) is 51.4 Å². The number of carbonyl (C=O) groups excluding carboxylic acids is 1. The molecule has 0 bridgehead atoms. The summed E-state index contributed by atoms with van der Waals surface area (Å²) in [5, 5.41) is 0. The number of carbonyl (C=O) groups is 1. The molecular weight excluding hydrogens is 392 g/mol. The number of hydrogen-bond acceptors (Lipinski definition) is 2. The van der Waals surface area contributed by atoms with Crippen molar-refractivity contribution in [3.63, 3.8) is 0 Å². The fourth-order valence-electron chi connectivity index (χ4n) is 11.8. The summed E-state index contributed by atoms with van der Waals surface area (Å²) in [7, 11) is 0. The Hall–Kier alpha value is -0.370. The number of Topliss-reactive ketones (excluding diaryl/α,β-unsaturated/α-hetero) is 1. The Morgan fingerprint density at radius 1 is 0.719 bits per heavy atom. The third kappa shape index (κ3) is 2.45. The van der Waals surface area contributed by atoms with Crippen molar-refractivity contribution < 1.29 is 9.53 Å². The molecular formula is C30H48O2. The monoisotopic (exact) mass is 440 g/mol. The molecule has 180 valence electrons. The minimum absolute atomic E-state index is 0.133. The van der Waals surface area contributed by atoms with Crippen LogP contribution in [-0.2, 0) is 9.53 Å². The summed E-state index contributed by atoms with van der Waals surface area (Å²) in [5.74, 6) is 4.36. The van der Waals surface area contributed by atoms with Crippen molar-refractivity contribution in [1.29, 1.82) is 0 Å². The van der Waals surface area contributed by atoms with Crippen molar-refractivity contribution in [1.82, 2.24) is 0 Å². The molecule has 0 aromatic rings. The van der Waals surface area contributed by atoms with Gasteiger partial charge in [-0.3, -0.25) is 4.79 Å². The maximum atomic E-state index is 12.9. The molecule has 1 saturated heterocycles. The highest BCUT2D eigenvalue weighted by atomic mass is 16.6.